The summed E-state index contributed by atoms with van der Waals surface area (Å²) in [5, 5.41) is 0. The lowest BCUT2D eigenvalue weighted by Gasteiger charge is -2.39. The van der Waals surface area contributed by atoms with E-state index in [-0.39, 0.29) is 0 Å². The van der Waals surface area contributed by atoms with Crippen molar-refractivity contribution in [3.8, 4) is 0 Å². The minimum Gasteiger partial charge on any atom is -0.0651 e. The predicted octanol–water partition coefficient (Wildman–Crippen LogP) is 5.28. The van der Waals surface area contributed by atoms with E-state index in [0.29, 0.717) is 0 Å². The molecule has 2 atom stereocenters. The number of rotatable bonds is 7. The highest BCUT2D eigenvalue weighted by Gasteiger charge is 2.31. The Labute approximate surface area is 96.8 Å². The van der Waals surface area contributed by atoms with Crippen LogP contribution in [0, 0.1) is 23.7 Å². The molecule has 0 spiro atoms. The fourth-order valence-electron chi connectivity index (χ4n) is 2.78. The van der Waals surface area contributed by atoms with Crippen molar-refractivity contribution in [3.05, 3.63) is 0 Å². The van der Waals surface area contributed by atoms with Gasteiger partial charge >= 0.3 is 0 Å². The third kappa shape index (κ3) is 4.17. The Bertz CT molecular complexity index is 155. The SMILES string of the molecule is CCC(C)CCCC1CC(C(C)CC)C1. The molecule has 0 nitrogen and oxygen atoms in total. The van der Waals surface area contributed by atoms with Crippen LogP contribution in [-0.4, -0.2) is 0 Å². The summed E-state index contributed by atoms with van der Waals surface area (Å²) in [4.78, 5) is 0. The normalized spacial score (nSPS) is 29.6. The minimum atomic E-state index is 0.954. The summed E-state index contributed by atoms with van der Waals surface area (Å²) in [6.07, 6.45) is 10.3. The van der Waals surface area contributed by atoms with E-state index < -0.39 is 0 Å². The van der Waals surface area contributed by atoms with Crippen LogP contribution < -0.4 is 0 Å². The second-order valence-electron chi connectivity index (χ2n) is 5.93. The zero-order chi connectivity index (χ0) is 11.3. The quantitative estimate of drug-likeness (QED) is 0.536. The van der Waals surface area contributed by atoms with Crippen molar-refractivity contribution < 1.29 is 0 Å². The maximum absolute atomic E-state index is 2.43. The second-order valence-corrected chi connectivity index (χ2v) is 5.93. The molecule has 0 aliphatic heterocycles. The van der Waals surface area contributed by atoms with Gasteiger partial charge in [0.2, 0.25) is 0 Å². The molecule has 0 aromatic heterocycles. The molecule has 0 bridgehead atoms. The molecule has 0 aromatic rings. The van der Waals surface area contributed by atoms with Gasteiger partial charge in [-0.05, 0) is 36.5 Å². The summed E-state index contributed by atoms with van der Waals surface area (Å²) in [6.45, 7) is 9.47. The Hall–Kier alpha value is 0. The van der Waals surface area contributed by atoms with Gasteiger partial charge in [0.05, 0.1) is 0 Å². The molecule has 1 aliphatic rings. The lowest BCUT2D eigenvalue weighted by Crippen LogP contribution is -2.28. The maximum Gasteiger partial charge on any atom is -0.0383 e. The molecule has 15 heavy (non-hydrogen) atoms. The molecular weight excluding hydrogens is 180 g/mol. The summed E-state index contributed by atoms with van der Waals surface area (Å²) >= 11 is 0. The molecule has 0 heteroatoms. The van der Waals surface area contributed by atoms with Gasteiger partial charge in [-0.1, -0.05) is 59.8 Å². The molecule has 0 amide bonds. The Morgan fingerprint density at radius 1 is 1.07 bits per heavy atom. The largest absolute Gasteiger partial charge is 0.0651 e. The van der Waals surface area contributed by atoms with E-state index in [2.05, 4.69) is 27.7 Å². The van der Waals surface area contributed by atoms with Crippen LogP contribution in [0.1, 0.15) is 72.6 Å². The first-order valence-corrected chi connectivity index (χ1v) is 7.17. The van der Waals surface area contributed by atoms with Crippen LogP contribution in [0.15, 0.2) is 0 Å². The molecule has 0 radical (unpaired) electrons. The average Bonchev–Trinajstić information content (AvgIpc) is 2.19. The molecule has 1 aliphatic carbocycles. The first-order chi connectivity index (χ1) is 7.17. The smallest absolute Gasteiger partial charge is 0.0383 e. The van der Waals surface area contributed by atoms with E-state index in [9.17, 15) is 0 Å². The van der Waals surface area contributed by atoms with Gasteiger partial charge in [-0.2, -0.15) is 0 Å². The lowest BCUT2D eigenvalue weighted by atomic mass is 9.67. The summed E-state index contributed by atoms with van der Waals surface area (Å²) in [5.41, 5.74) is 0. The van der Waals surface area contributed by atoms with Crippen molar-refractivity contribution in [1.29, 1.82) is 0 Å². The first kappa shape index (κ1) is 13.1. The Morgan fingerprint density at radius 2 is 1.73 bits per heavy atom. The van der Waals surface area contributed by atoms with Gasteiger partial charge in [0, 0.05) is 0 Å². The van der Waals surface area contributed by atoms with E-state index in [1.165, 1.54) is 44.9 Å². The monoisotopic (exact) mass is 210 g/mol. The third-order valence-corrected chi connectivity index (χ3v) is 4.73. The van der Waals surface area contributed by atoms with E-state index in [4.69, 9.17) is 0 Å². The van der Waals surface area contributed by atoms with Crippen LogP contribution in [0.5, 0.6) is 0 Å². The van der Waals surface area contributed by atoms with Crippen molar-refractivity contribution >= 4 is 0 Å². The van der Waals surface area contributed by atoms with Crippen molar-refractivity contribution in [2.75, 3.05) is 0 Å². The van der Waals surface area contributed by atoms with Gasteiger partial charge in [0.25, 0.3) is 0 Å². The van der Waals surface area contributed by atoms with Gasteiger partial charge in [-0.15, -0.1) is 0 Å². The Morgan fingerprint density at radius 3 is 2.27 bits per heavy atom. The molecule has 0 heterocycles. The van der Waals surface area contributed by atoms with Gasteiger partial charge in [0.1, 0.15) is 0 Å². The first-order valence-electron chi connectivity index (χ1n) is 7.17. The highest BCUT2D eigenvalue weighted by Crippen LogP contribution is 2.42. The van der Waals surface area contributed by atoms with E-state index in [1.807, 2.05) is 0 Å². The molecule has 0 aromatic carbocycles. The van der Waals surface area contributed by atoms with Crippen molar-refractivity contribution in [3.63, 3.8) is 0 Å². The summed E-state index contributed by atoms with van der Waals surface area (Å²) in [5.74, 6) is 4.10. The van der Waals surface area contributed by atoms with Crippen molar-refractivity contribution in [1.82, 2.24) is 0 Å². The van der Waals surface area contributed by atoms with E-state index >= 15 is 0 Å². The van der Waals surface area contributed by atoms with Crippen LogP contribution in [0.4, 0.5) is 0 Å². The van der Waals surface area contributed by atoms with Gasteiger partial charge in [-0.25, -0.2) is 0 Å². The Balaban J connectivity index is 1.98. The molecule has 1 saturated carbocycles. The molecule has 0 saturated heterocycles. The highest BCUT2D eigenvalue weighted by atomic mass is 14.4. The topological polar surface area (TPSA) is 0 Å². The molecule has 0 N–H and O–H groups in total. The van der Waals surface area contributed by atoms with Crippen molar-refractivity contribution in [2.45, 2.75) is 72.6 Å². The lowest BCUT2D eigenvalue weighted by molar-refractivity contribution is 0.119. The predicted molar refractivity (Wildman–Crippen MR) is 69.0 cm³/mol. The molecular formula is C15H30. The number of hydrogen-bond donors (Lipinski definition) is 0. The highest BCUT2D eigenvalue weighted by molar-refractivity contribution is 4.82. The average molecular weight is 210 g/mol. The van der Waals surface area contributed by atoms with Gasteiger partial charge in [-0.3, -0.25) is 0 Å². The van der Waals surface area contributed by atoms with Gasteiger partial charge in [0.15, 0.2) is 0 Å². The number of hydrogen-bond acceptors (Lipinski definition) is 0. The maximum atomic E-state index is 2.43. The zero-order valence-corrected chi connectivity index (χ0v) is 11.3. The van der Waals surface area contributed by atoms with Crippen molar-refractivity contribution in [2.24, 2.45) is 23.7 Å². The summed E-state index contributed by atoms with van der Waals surface area (Å²) in [6, 6.07) is 0. The Kier molecular flexibility index (Phi) is 5.71. The van der Waals surface area contributed by atoms with Crippen LogP contribution in [0.3, 0.4) is 0 Å². The standard InChI is InChI=1S/C15H30/c1-5-12(3)8-7-9-14-10-15(11-14)13(4)6-2/h12-15H,5-11H2,1-4H3. The summed E-state index contributed by atoms with van der Waals surface area (Å²) < 4.78 is 0. The second kappa shape index (κ2) is 6.55. The molecule has 1 fully saturated rings. The van der Waals surface area contributed by atoms with Crippen LogP contribution in [0.25, 0.3) is 0 Å². The molecule has 90 valence electrons. The van der Waals surface area contributed by atoms with E-state index in [1.54, 1.807) is 0 Å². The van der Waals surface area contributed by atoms with Gasteiger partial charge < -0.3 is 0 Å². The van der Waals surface area contributed by atoms with Crippen LogP contribution in [0.2, 0.25) is 0 Å². The van der Waals surface area contributed by atoms with Crippen LogP contribution in [-0.2, 0) is 0 Å². The summed E-state index contributed by atoms with van der Waals surface area (Å²) in [7, 11) is 0. The third-order valence-electron chi connectivity index (χ3n) is 4.73. The fourth-order valence-corrected chi connectivity index (χ4v) is 2.78. The molecule has 2 unspecified atom stereocenters. The molecule has 1 rings (SSSR count). The minimum absolute atomic E-state index is 0.954. The fraction of sp³-hybridized carbons (Fsp3) is 1.00. The van der Waals surface area contributed by atoms with Crippen LogP contribution >= 0.6 is 0 Å². The van der Waals surface area contributed by atoms with E-state index in [0.717, 1.165) is 23.7 Å². The zero-order valence-electron chi connectivity index (χ0n) is 11.3.